The third-order valence-electron chi connectivity index (χ3n) is 4.00. The van der Waals surface area contributed by atoms with Crippen LogP contribution in [0.25, 0.3) is 0 Å². The Kier molecular flexibility index (Phi) is 4.37. The van der Waals surface area contributed by atoms with Crippen molar-refractivity contribution in [1.29, 1.82) is 0 Å². The van der Waals surface area contributed by atoms with Gasteiger partial charge in [-0.05, 0) is 25.3 Å². The summed E-state index contributed by atoms with van der Waals surface area (Å²) in [5.74, 6) is 0.210. The third-order valence-corrected chi connectivity index (χ3v) is 4.00. The normalized spacial score (nSPS) is 13.8. The number of nitro groups is 1. The van der Waals surface area contributed by atoms with Crippen LogP contribution < -0.4 is 10.2 Å². The summed E-state index contributed by atoms with van der Waals surface area (Å²) < 4.78 is 0. The molecule has 3 rings (SSSR count). The highest BCUT2D eigenvalue weighted by atomic mass is 16.6. The second kappa shape index (κ2) is 6.61. The van der Waals surface area contributed by atoms with Gasteiger partial charge in [-0.3, -0.25) is 14.9 Å². The van der Waals surface area contributed by atoms with E-state index in [1.807, 2.05) is 0 Å². The molecule has 8 heteroatoms. The Hall–Kier alpha value is -3.03. The number of aryl methyl sites for hydroxylation is 1. The molecule has 1 N–H and O–H groups in total. The largest absolute Gasteiger partial charge is 0.357 e. The maximum absolute atomic E-state index is 12.5. The number of nitro benzene ring substituents is 1. The number of rotatable bonds is 4. The van der Waals surface area contributed by atoms with E-state index in [0.717, 1.165) is 25.9 Å². The molecule has 8 nitrogen and oxygen atoms in total. The molecule has 1 aromatic heterocycles. The zero-order chi connectivity index (χ0) is 17.1. The van der Waals surface area contributed by atoms with Gasteiger partial charge < -0.3 is 10.2 Å². The summed E-state index contributed by atoms with van der Waals surface area (Å²) >= 11 is 0. The first-order chi connectivity index (χ1) is 11.6. The number of nitrogens with zero attached hydrogens (tertiary/aromatic N) is 4. The van der Waals surface area contributed by atoms with E-state index in [1.54, 1.807) is 25.1 Å². The van der Waals surface area contributed by atoms with Crippen LogP contribution in [0.3, 0.4) is 0 Å². The number of aromatic nitrogens is 2. The number of carbonyl (C=O) groups is 1. The van der Waals surface area contributed by atoms with Crippen LogP contribution in [0, 0.1) is 17.0 Å². The molecular formula is C16H17N5O3. The fraction of sp³-hybridized carbons (Fsp3) is 0.312. The molecular weight excluding hydrogens is 310 g/mol. The van der Waals surface area contributed by atoms with Crippen LogP contribution in [-0.4, -0.2) is 33.9 Å². The Morgan fingerprint density at radius 2 is 2.04 bits per heavy atom. The van der Waals surface area contributed by atoms with Crippen LogP contribution in [-0.2, 0) is 0 Å². The van der Waals surface area contributed by atoms with E-state index in [2.05, 4.69) is 20.2 Å². The maximum atomic E-state index is 12.5. The Labute approximate surface area is 138 Å². The second-order valence-corrected chi connectivity index (χ2v) is 5.64. The van der Waals surface area contributed by atoms with E-state index in [1.165, 1.54) is 12.4 Å². The standard InChI is InChI=1S/C16H17N5O3/c1-11-5-4-6-13(21(23)24)15(11)19-16(22)12-9-14(18-10-17-12)20-7-2-3-8-20/h4-6,9-10H,2-3,7-8H2,1H3,(H,19,22). The van der Waals surface area contributed by atoms with Gasteiger partial charge in [-0.1, -0.05) is 12.1 Å². The summed E-state index contributed by atoms with van der Waals surface area (Å²) in [5.41, 5.74) is 0.849. The molecule has 0 bridgehead atoms. The predicted octanol–water partition coefficient (Wildman–Crippen LogP) is 2.55. The SMILES string of the molecule is Cc1cccc([N+](=O)[O-])c1NC(=O)c1cc(N2CCCC2)ncn1. The molecule has 1 aromatic carbocycles. The highest BCUT2D eigenvalue weighted by molar-refractivity contribution is 6.04. The lowest BCUT2D eigenvalue weighted by Crippen LogP contribution is -2.21. The molecule has 124 valence electrons. The molecule has 1 fully saturated rings. The minimum atomic E-state index is -0.516. The first kappa shape index (κ1) is 15.9. The molecule has 0 spiro atoms. The molecule has 24 heavy (non-hydrogen) atoms. The van der Waals surface area contributed by atoms with E-state index in [-0.39, 0.29) is 17.1 Å². The quantitative estimate of drug-likeness (QED) is 0.684. The van der Waals surface area contributed by atoms with Gasteiger partial charge in [-0.25, -0.2) is 9.97 Å². The van der Waals surface area contributed by atoms with Crippen LogP contribution in [0.4, 0.5) is 17.2 Å². The number of anilines is 2. The average molecular weight is 327 g/mol. The smallest absolute Gasteiger partial charge is 0.293 e. The summed E-state index contributed by atoms with van der Waals surface area (Å²) in [5, 5.41) is 13.7. The molecule has 1 aliphatic rings. The molecule has 2 aromatic rings. The van der Waals surface area contributed by atoms with E-state index < -0.39 is 10.8 Å². The van der Waals surface area contributed by atoms with Gasteiger partial charge >= 0.3 is 0 Å². The Balaban J connectivity index is 1.86. The number of nitrogens with one attached hydrogen (secondary N) is 1. The molecule has 1 amide bonds. The van der Waals surface area contributed by atoms with Crippen molar-refractivity contribution in [3.05, 3.63) is 52.0 Å². The van der Waals surface area contributed by atoms with Crippen molar-refractivity contribution in [2.75, 3.05) is 23.3 Å². The number of para-hydroxylation sites is 1. The Bertz CT molecular complexity index is 787. The van der Waals surface area contributed by atoms with Gasteiger partial charge in [0.15, 0.2) is 0 Å². The van der Waals surface area contributed by atoms with Gasteiger partial charge in [-0.15, -0.1) is 0 Å². The van der Waals surface area contributed by atoms with Crippen molar-refractivity contribution in [2.24, 2.45) is 0 Å². The van der Waals surface area contributed by atoms with Gasteiger partial charge in [-0.2, -0.15) is 0 Å². The number of benzene rings is 1. The first-order valence-corrected chi connectivity index (χ1v) is 7.68. The monoisotopic (exact) mass is 327 g/mol. The lowest BCUT2D eigenvalue weighted by atomic mass is 10.1. The van der Waals surface area contributed by atoms with E-state index in [9.17, 15) is 14.9 Å². The van der Waals surface area contributed by atoms with Crippen molar-refractivity contribution < 1.29 is 9.72 Å². The van der Waals surface area contributed by atoms with E-state index in [4.69, 9.17) is 0 Å². The molecule has 0 atom stereocenters. The summed E-state index contributed by atoms with van der Waals surface area (Å²) in [6, 6.07) is 6.26. The maximum Gasteiger partial charge on any atom is 0.293 e. The van der Waals surface area contributed by atoms with Gasteiger partial charge in [0, 0.05) is 25.2 Å². The van der Waals surface area contributed by atoms with Crippen LogP contribution in [0.5, 0.6) is 0 Å². The molecule has 1 saturated heterocycles. The number of hydrogen-bond acceptors (Lipinski definition) is 6. The minimum absolute atomic E-state index is 0.142. The van der Waals surface area contributed by atoms with Crippen LogP contribution >= 0.6 is 0 Å². The van der Waals surface area contributed by atoms with Gasteiger partial charge in [0.05, 0.1) is 4.92 Å². The fourth-order valence-corrected chi connectivity index (χ4v) is 2.73. The fourth-order valence-electron chi connectivity index (χ4n) is 2.73. The molecule has 0 radical (unpaired) electrons. The lowest BCUT2D eigenvalue weighted by Gasteiger charge is -2.16. The van der Waals surface area contributed by atoms with Crippen molar-refractivity contribution in [1.82, 2.24) is 9.97 Å². The summed E-state index contributed by atoms with van der Waals surface area (Å²) in [6.45, 7) is 3.51. The topological polar surface area (TPSA) is 101 Å². The Morgan fingerprint density at radius 3 is 2.75 bits per heavy atom. The predicted molar refractivity (Wildman–Crippen MR) is 89.3 cm³/mol. The first-order valence-electron chi connectivity index (χ1n) is 7.68. The number of carbonyl (C=O) groups excluding carboxylic acids is 1. The zero-order valence-electron chi connectivity index (χ0n) is 13.2. The van der Waals surface area contributed by atoms with Crippen molar-refractivity contribution in [2.45, 2.75) is 19.8 Å². The van der Waals surface area contributed by atoms with Crippen molar-refractivity contribution >= 4 is 23.1 Å². The molecule has 0 aliphatic carbocycles. The van der Waals surface area contributed by atoms with Crippen LogP contribution in [0.2, 0.25) is 0 Å². The minimum Gasteiger partial charge on any atom is -0.357 e. The summed E-state index contributed by atoms with van der Waals surface area (Å²) in [6.07, 6.45) is 3.54. The highest BCUT2D eigenvalue weighted by Gasteiger charge is 2.20. The number of hydrogen-bond donors (Lipinski definition) is 1. The highest BCUT2D eigenvalue weighted by Crippen LogP contribution is 2.28. The lowest BCUT2D eigenvalue weighted by molar-refractivity contribution is -0.383. The van der Waals surface area contributed by atoms with E-state index in [0.29, 0.717) is 11.4 Å². The summed E-state index contributed by atoms with van der Waals surface area (Å²) in [4.78, 5) is 33.4. The van der Waals surface area contributed by atoms with Crippen LogP contribution in [0.1, 0.15) is 28.9 Å². The second-order valence-electron chi connectivity index (χ2n) is 5.64. The third kappa shape index (κ3) is 3.17. The average Bonchev–Trinajstić information content (AvgIpc) is 3.11. The van der Waals surface area contributed by atoms with E-state index >= 15 is 0 Å². The summed E-state index contributed by atoms with van der Waals surface area (Å²) in [7, 11) is 0. The molecule has 0 saturated carbocycles. The Morgan fingerprint density at radius 1 is 1.29 bits per heavy atom. The van der Waals surface area contributed by atoms with Gasteiger partial charge in [0.25, 0.3) is 11.6 Å². The van der Waals surface area contributed by atoms with Crippen LogP contribution in [0.15, 0.2) is 30.6 Å². The van der Waals surface area contributed by atoms with Crippen molar-refractivity contribution in [3.63, 3.8) is 0 Å². The molecule has 2 heterocycles. The van der Waals surface area contributed by atoms with Crippen molar-refractivity contribution in [3.8, 4) is 0 Å². The molecule has 0 unspecified atom stereocenters. The zero-order valence-corrected chi connectivity index (χ0v) is 13.2. The molecule has 1 aliphatic heterocycles. The number of amides is 1. The van der Waals surface area contributed by atoms with Gasteiger partial charge in [0.2, 0.25) is 0 Å². The van der Waals surface area contributed by atoms with Gasteiger partial charge in [0.1, 0.15) is 23.5 Å².